The Hall–Kier alpha value is -0.860. The maximum absolute atomic E-state index is 10.4. The molecule has 0 aliphatic heterocycles. The summed E-state index contributed by atoms with van der Waals surface area (Å²) in [6.07, 6.45) is 0.657. The van der Waals surface area contributed by atoms with E-state index in [-0.39, 0.29) is 5.54 Å². The molecule has 0 fully saturated rings. The number of rotatable bonds is 5. The molecule has 1 rings (SSSR count). The van der Waals surface area contributed by atoms with Crippen molar-refractivity contribution in [3.63, 3.8) is 0 Å². The number of hydrogen-bond donors (Lipinski definition) is 1. The molecule has 1 unspecified atom stereocenters. The van der Waals surface area contributed by atoms with Gasteiger partial charge in [-0.15, -0.1) is 0 Å². The molecule has 0 spiro atoms. The predicted molar refractivity (Wildman–Crippen MR) is 77.9 cm³/mol. The van der Waals surface area contributed by atoms with Gasteiger partial charge in [-0.1, -0.05) is 30.7 Å². The molecule has 2 nitrogen and oxygen atoms in total. The van der Waals surface area contributed by atoms with Crippen LogP contribution >= 0.6 is 0 Å². The van der Waals surface area contributed by atoms with E-state index in [4.69, 9.17) is 0 Å². The van der Waals surface area contributed by atoms with Crippen LogP contribution in [0.3, 0.4) is 0 Å². The summed E-state index contributed by atoms with van der Waals surface area (Å²) in [5.74, 6) is 0. The van der Waals surface area contributed by atoms with Crippen LogP contribution in [0.5, 0.6) is 0 Å². The van der Waals surface area contributed by atoms with E-state index in [0.717, 1.165) is 12.0 Å². The molecule has 1 N–H and O–H groups in total. The van der Waals surface area contributed by atoms with Crippen LogP contribution in [-0.4, -0.2) is 29.1 Å². The van der Waals surface area contributed by atoms with E-state index in [1.807, 2.05) is 6.07 Å². The van der Waals surface area contributed by atoms with Gasteiger partial charge in [-0.3, -0.25) is 4.90 Å². The molecule has 1 aromatic rings. The first-order valence-electron chi connectivity index (χ1n) is 6.74. The number of hydrogen-bond acceptors (Lipinski definition) is 2. The van der Waals surface area contributed by atoms with Crippen molar-refractivity contribution in [1.82, 2.24) is 4.90 Å². The Morgan fingerprint density at radius 3 is 2.39 bits per heavy atom. The minimum Gasteiger partial charge on any atom is -0.387 e. The lowest BCUT2D eigenvalue weighted by Gasteiger charge is -2.36. The van der Waals surface area contributed by atoms with Gasteiger partial charge in [0.25, 0.3) is 0 Å². The molecule has 102 valence electrons. The second-order valence-electron chi connectivity index (χ2n) is 5.92. The van der Waals surface area contributed by atoms with Crippen molar-refractivity contribution in [1.29, 1.82) is 0 Å². The zero-order valence-corrected chi connectivity index (χ0v) is 12.6. The van der Waals surface area contributed by atoms with E-state index in [1.54, 1.807) is 0 Å². The average molecular weight is 249 g/mol. The Morgan fingerprint density at radius 1 is 1.28 bits per heavy atom. The zero-order valence-electron chi connectivity index (χ0n) is 12.6. The lowest BCUT2D eigenvalue weighted by molar-refractivity contribution is 0.0683. The second kappa shape index (κ2) is 5.85. The number of nitrogens with zero attached hydrogens (tertiary/aromatic N) is 1. The average Bonchev–Trinajstić information content (AvgIpc) is 2.28. The molecule has 0 amide bonds. The molecule has 0 aliphatic rings. The summed E-state index contributed by atoms with van der Waals surface area (Å²) in [6, 6.07) is 6.24. The summed E-state index contributed by atoms with van der Waals surface area (Å²) in [6.45, 7) is 11.4. The SMILES string of the molecule is CCC(C)(C)N(C)CC(O)c1ccc(C)cc1C. The molecule has 0 heterocycles. The van der Waals surface area contributed by atoms with Crippen molar-refractivity contribution in [2.75, 3.05) is 13.6 Å². The quantitative estimate of drug-likeness (QED) is 0.864. The summed E-state index contributed by atoms with van der Waals surface area (Å²) >= 11 is 0. The third-order valence-corrected chi connectivity index (χ3v) is 4.13. The molecule has 0 bridgehead atoms. The number of aliphatic hydroxyl groups excluding tert-OH is 1. The van der Waals surface area contributed by atoms with Crippen LogP contribution in [-0.2, 0) is 0 Å². The lowest BCUT2D eigenvalue weighted by Crippen LogP contribution is -2.42. The maximum atomic E-state index is 10.4. The summed E-state index contributed by atoms with van der Waals surface area (Å²) in [5.41, 5.74) is 3.58. The highest BCUT2D eigenvalue weighted by atomic mass is 16.3. The molecular formula is C16H27NO. The standard InChI is InChI=1S/C16H27NO/c1-7-16(4,5)17(6)11-15(18)14-9-8-12(2)10-13(14)3/h8-10,15,18H,7,11H2,1-6H3. The minimum atomic E-state index is -0.415. The van der Waals surface area contributed by atoms with Gasteiger partial charge in [-0.25, -0.2) is 0 Å². The Bertz CT molecular complexity index is 398. The van der Waals surface area contributed by atoms with Gasteiger partial charge in [-0.05, 0) is 52.3 Å². The smallest absolute Gasteiger partial charge is 0.0919 e. The first-order chi connectivity index (χ1) is 8.27. The van der Waals surface area contributed by atoms with Crippen molar-refractivity contribution < 1.29 is 5.11 Å². The molecule has 0 saturated heterocycles. The predicted octanol–water partition coefficient (Wildman–Crippen LogP) is 3.46. The van der Waals surface area contributed by atoms with Crippen LogP contribution in [0.15, 0.2) is 18.2 Å². The Morgan fingerprint density at radius 2 is 1.89 bits per heavy atom. The van der Waals surface area contributed by atoms with E-state index in [9.17, 15) is 5.11 Å². The summed E-state index contributed by atoms with van der Waals surface area (Å²) < 4.78 is 0. The number of aryl methyl sites for hydroxylation is 2. The largest absolute Gasteiger partial charge is 0.387 e. The van der Waals surface area contributed by atoms with Gasteiger partial charge in [0.2, 0.25) is 0 Å². The fourth-order valence-electron chi connectivity index (χ4n) is 2.07. The van der Waals surface area contributed by atoms with Gasteiger partial charge in [0.15, 0.2) is 0 Å². The van der Waals surface area contributed by atoms with Crippen LogP contribution in [0.1, 0.15) is 50.0 Å². The van der Waals surface area contributed by atoms with Crippen molar-refractivity contribution in [2.24, 2.45) is 0 Å². The van der Waals surface area contributed by atoms with E-state index < -0.39 is 6.10 Å². The van der Waals surface area contributed by atoms with Crippen LogP contribution in [0.2, 0.25) is 0 Å². The number of likely N-dealkylation sites (N-methyl/N-ethyl adjacent to an activating group) is 1. The van der Waals surface area contributed by atoms with Crippen LogP contribution < -0.4 is 0 Å². The summed E-state index contributed by atoms with van der Waals surface area (Å²) in [4.78, 5) is 2.23. The first kappa shape index (κ1) is 15.2. The molecule has 1 atom stereocenters. The third kappa shape index (κ3) is 3.56. The van der Waals surface area contributed by atoms with E-state index in [2.05, 4.69) is 58.7 Å². The molecule has 0 radical (unpaired) electrons. The zero-order chi connectivity index (χ0) is 13.9. The normalized spacial score (nSPS) is 14.0. The Kier molecular flexibility index (Phi) is 4.94. The molecule has 1 aromatic carbocycles. The highest BCUT2D eigenvalue weighted by molar-refractivity contribution is 5.32. The lowest BCUT2D eigenvalue weighted by atomic mass is 9.97. The molecule has 0 saturated carbocycles. The Balaban J connectivity index is 2.79. The molecule has 18 heavy (non-hydrogen) atoms. The van der Waals surface area contributed by atoms with Crippen LogP contribution in [0.4, 0.5) is 0 Å². The van der Waals surface area contributed by atoms with Crippen LogP contribution in [0, 0.1) is 13.8 Å². The fourth-order valence-corrected chi connectivity index (χ4v) is 2.07. The van der Waals surface area contributed by atoms with Crippen molar-refractivity contribution >= 4 is 0 Å². The Labute approximate surface area is 112 Å². The molecule has 2 heteroatoms. The van der Waals surface area contributed by atoms with E-state index >= 15 is 0 Å². The van der Waals surface area contributed by atoms with Gasteiger partial charge < -0.3 is 5.11 Å². The monoisotopic (exact) mass is 249 g/mol. The highest BCUT2D eigenvalue weighted by Gasteiger charge is 2.24. The van der Waals surface area contributed by atoms with Crippen molar-refractivity contribution in [2.45, 2.75) is 52.7 Å². The highest BCUT2D eigenvalue weighted by Crippen LogP contribution is 2.23. The van der Waals surface area contributed by atoms with Crippen molar-refractivity contribution in [3.8, 4) is 0 Å². The van der Waals surface area contributed by atoms with Gasteiger partial charge in [0.05, 0.1) is 6.10 Å². The molecule has 0 aromatic heterocycles. The maximum Gasteiger partial charge on any atom is 0.0919 e. The number of aliphatic hydroxyl groups is 1. The van der Waals surface area contributed by atoms with Gasteiger partial charge in [-0.2, -0.15) is 0 Å². The minimum absolute atomic E-state index is 0.125. The van der Waals surface area contributed by atoms with Crippen molar-refractivity contribution in [3.05, 3.63) is 34.9 Å². The summed E-state index contributed by atoms with van der Waals surface area (Å²) in [7, 11) is 2.08. The summed E-state index contributed by atoms with van der Waals surface area (Å²) in [5, 5.41) is 10.4. The third-order valence-electron chi connectivity index (χ3n) is 4.13. The van der Waals surface area contributed by atoms with Gasteiger partial charge >= 0.3 is 0 Å². The van der Waals surface area contributed by atoms with E-state index in [1.165, 1.54) is 11.1 Å². The number of β-amino-alcohol motifs (C(OH)–C–C–N with tert-alkyl or cyclic N) is 1. The first-order valence-corrected chi connectivity index (χ1v) is 6.74. The number of benzene rings is 1. The topological polar surface area (TPSA) is 23.5 Å². The fraction of sp³-hybridized carbons (Fsp3) is 0.625. The second-order valence-corrected chi connectivity index (χ2v) is 5.92. The van der Waals surface area contributed by atoms with Gasteiger partial charge in [0, 0.05) is 12.1 Å². The molecule has 0 aliphatic carbocycles. The van der Waals surface area contributed by atoms with E-state index in [0.29, 0.717) is 6.54 Å². The molecular weight excluding hydrogens is 222 g/mol. The van der Waals surface area contributed by atoms with Gasteiger partial charge in [0.1, 0.15) is 0 Å². The van der Waals surface area contributed by atoms with Crippen LogP contribution in [0.25, 0.3) is 0 Å².